The maximum absolute atomic E-state index is 10.7. The van der Waals surface area contributed by atoms with Crippen molar-refractivity contribution < 1.29 is 30.9 Å². The minimum Gasteiger partial charge on any atom is -0.282 e. The molecule has 0 aromatic heterocycles. The van der Waals surface area contributed by atoms with Crippen molar-refractivity contribution in [2.45, 2.75) is 17.2 Å². The molecule has 9 nitrogen and oxygen atoms in total. The highest BCUT2D eigenvalue weighted by molar-refractivity contribution is 7.86. The second kappa shape index (κ2) is 8.16. The number of hydrogen-bond acceptors (Lipinski definition) is 6. The summed E-state index contributed by atoms with van der Waals surface area (Å²) in [6, 6.07) is 13.0. The number of aryl methyl sites for hydroxylation is 1. The molecular formula is C14H15NO8S2. The van der Waals surface area contributed by atoms with E-state index in [9.17, 15) is 26.9 Å². The predicted octanol–water partition coefficient (Wildman–Crippen LogP) is 2.09. The van der Waals surface area contributed by atoms with Gasteiger partial charge in [-0.15, -0.1) is 0 Å². The summed E-state index contributed by atoms with van der Waals surface area (Å²) in [5.41, 5.74) is 0.886. The van der Waals surface area contributed by atoms with Gasteiger partial charge in [-0.2, -0.15) is 16.8 Å². The summed E-state index contributed by atoms with van der Waals surface area (Å²) in [4.78, 5) is 9.30. The Hall–Kier alpha value is -2.34. The molecule has 1 unspecified atom stereocenters. The first-order chi connectivity index (χ1) is 11.4. The molecule has 0 aliphatic carbocycles. The van der Waals surface area contributed by atoms with Gasteiger partial charge in [-0.25, -0.2) is 0 Å². The lowest BCUT2D eigenvalue weighted by molar-refractivity contribution is -0.503. The molecule has 0 radical (unpaired) electrons. The molecular weight excluding hydrogens is 374 g/mol. The van der Waals surface area contributed by atoms with Crippen LogP contribution in [0, 0.1) is 17.0 Å². The van der Waals surface area contributed by atoms with Gasteiger partial charge in [0.05, 0.1) is 4.90 Å². The van der Waals surface area contributed by atoms with E-state index in [1.807, 2.05) is 6.92 Å². The van der Waals surface area contributed by atoms with E-state index in [0.29, 0.717) is 0 Å². The van der Waals surface area contributed by atoms with Crippen LogP contribution in [0.5, 0.6) is 0 Å². The molecule has 11 heteroatoms. The summed E-state index contributed by atoms with van der Waals surface area (Å²) >= 11 is 0. The second-order valence-corrected chi connectivity index (χ2v) is 7.75. The van der Waals surface area contributed by atoms with Gasteiger partial charge in [0.2, 0.25) is 0 Å². The van der Waals surface area contributed by atoms with Crippen molar-refractivity contribution in [3.05, 3.63) is 75.8 Å². The van der Waals surface area contributed by atoms with Crippen LogP contribution in [0.2, 0.25) is 0 Å². The lowest BCUT2D eigenvalue weighted by Gasteiger charge is -2.05. The zero-order valence-corrected chi connectivity index (χ0v) is 14.5. The van der Waals surface area contributed by atoms with Gasteiger partial charge in [0, 0.05) is 10.5 Å². The average molecular weight is 389 g/mol. The van der Waals surface area contributed by atoms with Gasteiger partial charge >= 0.3 is 15.5 Å². The smallest absolute Gasteiger partial charge is 0.282 e. The van der Waals surface area contributed by atoms with Crippen LogP contribution in [0.25, 0.3) is 0 Å². The van der Waals surface area contributed by atoms with Crippen molar-refractivity contribution in [3.8, 4) is 0 Å². The van der Waals surface area contributed by atoms with Crippen molar-refractivity contribution in [1.82, 2.24) is 0 Å². The first kappa shape index (κ1) is 20.7. The number of rotatable bonds is 4. The molecule has 2 rings (SSSR count). The predicted molar refractivity (Wildman–Crippen MR) is 88.7 cm³/mol. The monoisotopic (exact) mass is 389 g/mol. The van der Waals surface area contributed by atoms with E-state index in [1.54, 1.807) is 18.2 Å². The fourth-order valence-electron chi connectivity index (χ4n) is 1.73. The van der Waals surface area contributed by atoms with E-state index in [2.05, 4.69) is 0 Å². The van der Waals surface area contributed by atoms with Crippen LogP contribution in [0.3, 0.4) is 0 Å². The Balaban J connectivity index is 0.000000257. The molecule has 0 amide bonds. The van der Waals surface area contributed by atoms with Crippen molar-refractivity contribution in [2.24, 2.45) is 0 Å². The average Bonchev–Trinajstić information content (AvgIpc) is 2.46. The van der Waals surface area contributed by atoms with Gasteiger partial charge in [-0.3, -0.25) is 19.2 Å². The molecule has 0 saturated heterocycles. The Bertz CT molecular complexity index is 923. The van der Waals surface area contributed by atoms with Crippen LogP contribution >= 0.6 is 0 Å². The molecule has 0 saturated carbocycles. The minimum atomic E-state index is -4.72. The van der Waals surface area contributed by atoms with E-state index in [1.165, 1.54) is 36.4 Å². The van der Waals surface area contributed by atoms with Gasteiger partial charge in [-0.1, -0.05) is 48.0 Å². The van der Waals surface area contributed by atoms with E-state index >= 15 is 0 Å². The molecule has 1 atom stereocenters. The Morgan fingerprint density at radius 2 is 1.40 bits per heavy atom. The van der Waals surface area contributed by atoms with Crippen LogP contribution in [0.1, 0.15) is 16.5 Å². The summed E-state index contributed by atoms with van der Waals surface area (Å²) in [7, 11) is -8.74. The van der Waals surface area contributed by atoms with Crippen LogP contribution in [-0.2, 0) is 20.2 Å². The summed E-state index contributed by atoms with van der Waals surface area (Å²) in [5.74, 6) is 0. The lowest BCUT2D eigenvalue weighted by atomic mass is 10.2. The van der Waals surface area contributed by atoms with Gasteiger partial charge in [-0.05, 0) is 19.1 Å². The number of benzene rings is 2. The quantitative estimate of drug-likeness (QED) is 0.458. The third-order valence-corrected chi connectivity index (χ3v) is 4.75. The van der Waals surface area contributed by atoms with Crippen molar-refractivity contribution >= 4 is 20.2 Å². The molecule has 2 aromatic carbocycles. The highest BCUT2D eigenvalue weighted by atomic mass is 32.2. The summed E-state index contributed by atoms with van der Waals surface area (Å²) in [5, 5.41) is 8.31. The lowest BCUT2D eigenvalue weighted by Crippen LogP contribution is -2.20. The Kier molecular flexibility index (Phi) is 6.76. The fraction of sp³-hybridized carbons (Fsp3) is 0.143. The van der Waals surface area contributed by atoms with Gasteiger partial charge in [0.25, 0.3) is 10.1 Å². The number of hydrogen-bond donors (Lipinski definition) is 2. The Morgan fingerprint density at radius 3 is 1.76 bits per heavy atom. The first-order valence-corrected chi connectivity index (χ1v) is 9.56. The van der Waals surface area contributed by atoms with Crippen molar-refractivity contribution in [2.75, 3.05) is 0 Å². The molecule has 136 valence electrons. The SMILES string of the molecule is Cc1ccc(S(=O)(=O)O)cc1.O=[N+]([O-])C(c1ccccc1)S(=O)(=O)O. The zero-order valence-electron chi connectivity index (χ0n) is 12.9. The van der Waals surface area contributed by atoms with Crippen LogP contribution < -0.4 is 0 Å². The van der Waals surface area contributed by atoms with Crippen molar-refractivity contribution in [3.63, 3.8) is 0 Å². The molecule has 0 fully saturated rings. The highest BCUT2D eigenvalue weighted by Gasteiger charge is 2.36. The molecule has 0 aliphatic heterocycles. The Labute approximate surface area is 144 Å². The van der Waals surface area contributed by atoms with Gasteiger partial charge < -0.3 is 0 Å². The number of nitrogens with zero attached hydrogens (tertiary/aromatic N) is 1. The largest absolute Gasteiger partial charge is 0.359 e. The van der Waals surface area contributed by atoms with Crippen LogP contribution in [-0.4, -0.2) is 30.9 Å². The third kappa shape index (κ3) is 6.58. The van der Waals surface area contributed by atoms with E-state index in [4.69, 9.17) is 9.11 Å². The standard InChI is InChI=1S/C7H7NO5S.C7H8O3S/c9-8(10)7(14(11,12)13)6-4-2-1-3-5-6;1-6-2-4-7(5-3-6)11(8,9)10/h1-5,7H,(H,11,12,13);2-5H,1H3,(H,8,9,10). The van der Waals surface area contributed by atoms with E-state index < -0.39 is 30.5 Å². The summed E-state index contributed by atoms with van der Waals surface area (Å²) in [6.07, 6.45) is 0. The second-order valence-electron chi connectivity index (χ2n) is 4.85. The minimum absolute atomic E-state index is 0.0666. The molecule has 0 bridgehead atoms. The van der Waals surface area contributed by atoms with E-state index in [0.717, 1.165) is 5.56 Å². The third-order valence-electron chi connectivity index (χ3n) is 2.88. The normalized spacial score (nSPS) is 12.6. The van der Waals surface area contributed by atoms with Crippen molar-refractivity contribution in [1.29, 1.82) is 0 Å². The molecule has 0 aliphatic rings. The van der Waals surface area contributed by atoms with Crippen LogP contribution in [0.15, 0.2) is 59.5 Å². The topological polar surface area (TPSA) is 152 Å². The highest BCUT2D eigenvalue weighted by Crippen LogP contribution is 2.21. The zero-order chi connectivity index (χ0) is 19.3. The van der Waals surface area contributed by atoms with Gasteiger partial charge in [0.15, 0.2) is 0 Å². The number of nitro groups is 1. The molecule has 2 N–H and O–H groups in total. The van der Waals surface area contributed by atoms with Gasteiger partial charge in [0.1, 0.15) is 0 Å². The fourth-order valence-corrected chi connectivity index (χ4v) is 2.93. The molecule has 2 aromatic rings. The Morgan fingerprint density at radius 1 is 0.920 bits per heavy atom. The molecule has 25 heavy (non-hydrogen) atoms. The van der Waals surface area contributed by atoms with Crippen LogP contribution in [0.4, 0.5) is 0 Å². The summed E-state index contributed by atoms with van der Waals surface area (Å²) in [6.45, 7) is 1.84. The molecule has 0 spiro atoms. The van der Waals surface area contributed by atoms with E-state index in [-0.39, 0.29) is 10.5 Å². The maximum atomic E-state index is 10.7. The molecule has 0 heterocycles. The first-order valence-electron chi connectivity index (χ1n) is 6.62. The summed E-state index contributed by atoms with van der Waals surface area (Å²) < 4.78 is 59.6. The maximum Gasteiger partial charge on any atom is 0.359 e.